The van der Waals surface area contributed by atoms with E-state index in [4.69, 9.17) is 9.84 Å². The fourth-order valence-electron chi connectivity index (χ4n) is 2.71. The van der Waals surface area contributed by atoms with Gasteiger partial charge in [-0.1, -0.05) is 29.8 Å². The van der Waals surface area contributed by atoms with Crippen molar-refractivity contribution in [2.75, 3.05) is 6.61 Å². The zero-order valence-electron chi connectivity index (χ0n) is 11.9. The molecular weight excluding hydrogens is 346 g/mol. The highest BCUT2D eigenvalue weighted by atomic mass is 79.9. The van der Waals surface area contributed by atoms with Gasteiger partial charge in [0.15, 0.2) is 0 Å². The van der Waals surface area contributed by atoms with Gasteiger partial charge in [0.05, 0.1) is 18.6 Å². The third kappa shape index (κ3) is 3.73. The third-order valence-corrected chi connectivity index (χ3v) is 3.93. The van der Waals surface area contributed by atoms with Gasteiger partial charge >= 0.3 is 5.97 Å². The summed E-state index contributed by atoms with van der Waals surface area (Å²) in [5.41, 5.74) is -0.415. The van der Waals surface area contributed by atoms with E-state index in [1.54, 1.807) is 6.07 Å². The van der Waals surface area contributed by atoms with Crippen molar-refractivity contribution in [2.45, 2.75) is 39.0 Å². The summed E-state index contributed by atoms with van der Waals surface area (Å²) in [6, 6.07) is 3.14. The van der Waals surface area contributed by atoms with Crippen LogP contribution >= 0.6 is 15.9 Å². The Hall–Kier alpha value is -1.17. The quantitative estimate of drug-likeness (QED) is 0.845. The molecule has 0 saturated heterocycles. The Morgan fingerprint density at radius 1 is 1.43 bits per heavy atom. The molecule has 116 valence electrons. The minimum absolute atomic E-state index is 0.164. The van der Waals surface area contributed by atoms with Crippen molar-refractivity contribution in [2.24, 2.45) is 5.41 Å². The molecule has 0 radical (unpaired) electrons. The van der Waals surface area contributed by atoms with Crippen LogP contribution in [0.25, 0.3) is 0 Å². The van der Waals surface area contributed by atoms with E-state index >= 15 is 0 Å². The second-order valence-corrected chi connectivity index (χ2v) is 7.07. The standard InChI is InChI=1S/C15H17BrF2O3/c1-14(2,7-12(19)20)8-15(17,18)11-6-10(16)5-9-3-4-21-13(9)11/h5-6H,3-4,7-8H2,1-2H3,(H,19,20). The maximum absolute atomic E-state index is 14.6. The van der Waals surface area contributed by atoms with Crippen LogP contribution in [0.2, 0.25) is 0 Å². The smallest absolute Gasteiger partial charge is 0.303 e. The fraction of sp³-hybridized carbons (Fsp3) is 0.533. The highest BCUT2D eigenvalue weighted by Crippen LogP contribution is 2.47. The number of alkyl halides is 2. The number of rotatable bonds is 5. The molecule has 1 aliphatic heterocycles. The molecule has 0 bridgehead atoms. The molecule has 3 nitrogen and oxygen atoms in total. The van der Waals surface area contributed by atoms with Crippen molar-refractivity contribution in [3.63, 3.8) is 0 Å². The number of ether oxygens (including phenoxy) is 1. The average molecular weight is 363 g/mol. The maximum atomic E-state index is 14.6. The first-order valence-corrected chi connectivity index (χ1v) is 7.45. The topological polar surface area (TPSA) is 46.5 Å². The molecule has 1 aromatic rings. The summed E-state index contributed by atoms with van der Waals surface area (Å²) in [6.45, 7) is 3.47. The van der Waals surface area contributed by atoms with Gasteiger partial charge in [0.25, 0.3) is 5.92 Å². The molecule has 1 aliphatic rings. The molecule has 6 heteroatoms. The van der Waals surface area contributed by atoms with Gasteiger partial charge in [-0.25, -0.2) is 8.78 Å². The average Bonchev–Trinajstić information content (AvgIpc) is 2.71. The van der Waals surface area contributed by atoms with Crippen molar-refractivity contribution in [3.05, 3.63) is 27.7 Å². The first-order valence-electron chi connectivity index (χ1n) is 6.66. The molecule has 2 rings (SSSR count). The van der Waals surface area contributed by atoms with Crippen LogP contribution in [-0.4, -0.2) is 17.7 Å². The SMILES string of the molecule is CC(C)(CC(=O)O)CC(F)(F)c1cc(Br)cc2c1OCC2. The second kappa shape index (κ2) is 5.55. The lowest BCUT2D eigenvalue weighted by atomic mass is 9.81. The molecule has 0 saturated carbocycles. The number of halogens is 3. The fourth-order valence-corrected chi connectivity index (χ4v) is 3.21. The molecule has 1 aromatic carbocycles. The Labute approximate surface area is 130 Å². The van der Waals surface area contributed by atoms with Crippen molar-refractivity contribution >= 4 is 21.9 Å². The predicted molar refractivity (Wildman–Crippen MR) is 77.9 cm³/mol. The van der Waals surface area contributed by atoms with Gasteiger partial charge in [0.1, 0.15) is 5.75 Å². The van der Waals surface area contributed by atoms with Crippen LogP contribution in [0.15, 0.2) is 16.6 Å². The summed E-state index contributed by atoms with van der Waals surface area (Å²) < 4.78 is 35.2. The van der Waals surface area contributed by atoms with Crippen molar-refractivity contribution < 1.29 is 23.4 Å². The van der Waals surface area contributed by atoms with Gasteiger partial charge in [-0.05, 0) is 23.1 Å². The molecule has 0 aromatic heterocycles. The molecule has 21 heavy (non-hydrogen) atoms. The summed E-state index contributed by atoms with van der Waals surface area (Å²) in [7, 11) is 0. The van der Waals surface area contributed by atoms with Crippen LogP contribution in [0.4, 0.5) is 8.78 Å². The Morgan fingerprint density at radius 3 is 2.71 bits per heavy atom. The molecule has 0 spiro atoms. The first-order chi connectivity index (χ1) is 9.61. The third-order valence-electron chi connectivity index (χ3n) is 3.47. The minimum Gasteiger partial charge on any atom is -0.492 e. The monoisotopic (exact) mass is 362 g/mol. The molecule has 0 atom stereocenters. The van der Waals surface area contributed by atoms with Gasteiger partial charge in [0, 0.05) is 17.3 Å². The molecule has 1 heterocycles. The van der Waals surface area contributed by atoms with Crippen molar-refractivity contribution in [1.29, 1.82) is 0 Å². The van der Waals surface area contributed by atoms with Gasteiger partial charge in [-0.2, -0.15) is 0 Å². The van der Waals surface area contributed by atoms with E-state index in [2.05, 4.69) is 15.9 Å². The van der Waals surface area contributed by atoms with Crippen LogP contribution < -0.4 is 4.74 Å². The molecule has 0 amide bonds. The van der Waals surface area contributed by atoms with E-state index in [1.165, 1.54) is 19.9 Å². The number of hydrogen-bond acceptors (Lipinski definition) is 2. The molecule has 0 aliphatic carbocycles. The molecule has 0 fully saturated rings. The van der Waals surface area contributed by atoms with E-state index in [0.29, 0.717) is 17.5 Å². The number of carboxylic acid groups (broad SMARTS) is 1. The molecule has 1 N–H and O–H groups in total. The second-order valence-electron chi connectivity index (χ2n) is 6.16. The number of hydrogen-bond donors (Lipinski definition) is 1. The number of aliphatic carboxylic acids is 1. The molecule has 0 unspecified atom stereocenters. The Kier molecular flexibility index (Phi) is 4.29. The summed E-state index contributed by atoms with van der Waals surface area (Å²) >= 11 is 3.25. The van der Waals surface area contributed by atoms with Gasteiger partial charge in [0.2, 0.25) is 0 Å². The van der Waals surface area contributed by atoms with Crippen LogP contribution in [0.5, 0.6) is 5.75 Å². The summed E-state index contributed by atoms with van der Waals surface area (Å²) in [5.74, 6) is -3.97. The number of carboxylic acids is 1. The van der Waals surface area contributed by atoms with Crippen molar-refractivity contribution in [1.82, 2.24) is 0 Å². The first kappa shape index (κ1) is 16.2. The Balaban J connectivity index is 2.34. The van der Waals surface area contributed by atoms with Crippen molar-refractivity contribution in [3.8, 4) is 5.75 Å². The van der Waals surface area contributed by atoms with Gasteiger partial charge in [-0.3, -0.25) is 4.79 Å². The lowest BCUT2D eigenvalue weighted by Gasteiger charge is -2.29. The van der Waals surface area contributed by atoms with Crippen LogP contribution in [0.1, 0.15) is 37.8 Å². The van der Waals surface area contributed by atoms with E-state index < -0.39 is 23.7 Å². The van der Waals surface area contributed by atoms with Gasteiger partial charge in [-0.15, -0.1) is 0 Å². The zero-order chi connectivity index (χ0) is 15.8. The van der Waals surface area contributed by atoms with E-state index in [0.717, 1.165) is 5.56 Å². The summed E-state index contributed by atoms with van der Waals surface area (Å²) in [6.07, 6.45) is -0.242. The number of carbonyl (C=O) groups is 1. The predicted octanol–water partition coefficient (Wildman–Crippen LogP) is 4.37. The zero-order valence-corrected chi connectivity index (χ0v) is 13.5. The van der Waals surface area contributed by atoms with Crippen LogP contribution in [0, 0.1) is 5.41 Å². The highest BCUT2D eigenvalue weighted by molar-refractivity contribution is 9.10. The van der Waals surface area contributed by atoms with E-state index in [-0.39, 0.29) is 17.7 Å². The summed E-state index contributed by atoms with van der Waals surface area (Å²) in [4.78, 5) is 10.8. The largest absolute Gasteiger partial charge is 0.492 e. The van der Waals surface area contributed by atoms with E-state index in [9.17, 15) is 13.6 Å². The maximum Gasteiger partial charge on any atom is 0.303 e. The molecular formula is C15H17BrF2O3. The Bertz CT molecular complexity index is 570. The van der Waals surface area contributed by atoms with E-state index in [1.807, 2.05) is 0 Å². The normalized spacial score (nSPS) is 14.7. The summed E-state index contributed by atoms with van der Waals surface area (Å²) in [5, 5.41) is 8.84. The number of benzene rings is 1. The van der Waals surface area contributed by atoms with Crippen LogP contribution in [0.3, 0.4) is 0 Å². The highest BCUT2D eigenvalue weighted by Gasteiger charge is 2.42. The lowest BCUT2D eigenvalue weighted by Crippen LogP contribution is -2.27. The van der Waals surface area contributed by atoms with Gasteiger partial charge < -0.3 is 9.84 Å². The Morgan fingerprint density at radius 2 is 2.10 bits per heavy atom. The van der Waals surface area contributed by atoms with Crippen LogP contribution in [-0.2, 0) is 17.1 Å². The minimum atomic E-state index is -3.14. The number of fused-ring (bicyclic) bond motifs is 1. The lowest BCUT2D eigenvalue weighted by molar-refractivity contribution is -0.140.